The molecule has 4 rings (SSSR count). The fourth-order valence-electron chi connectivity index (χ4n) is 3.53. The predicted octanol–water partition coefficient (Wildman–Crippen LogP) is 5.05. The number of hydrogen-bond acceptors (Lipinski definition) is 5. The number of thiazole rings is 1. The summed E-state index contributed by atoms with van der Waals surface area (Å²) in [7, 11) is 0. The Kier molecular flexibility index (Phi) is 8.08. The minimum absolute atomic E-state index is 0. The summed E-state index contributed by atoms with van der Waals surface area (Å²) in [6.07, 6.45) is 0.866. The highest BCUT2D eigenvalue weighted by molar-refractivity contribution is 7.22. The average Bonchev–Trinajstić information content (AvgIpc) is 3.17. The molecule has 5 nitrogen and oxygen atoms in total. The van der Waals surface area contributed by atoms with Gasteiger partial charge in [0, 0.05) is 26.2 Å². The van der Waals surface area contributed by atoms with E-state index in [4.69, 9.17) is 21.3 Å². The number of nitrogens with zero attached hydrogens (tertiary/aromatic N) is 3. The Morgan fingerprint density at radius 1 is 1.20 bits per heavy atom. The number of aromatic nitrogens is 1. The first-order valence-corrected chi connectivity index (χ1v) is 11.1. The second-order valence-corrected chi connectivity index (χ2v) is 8.58. The molecular weight excluding hydrogens is 441 g/mol. The molecule has 0 bridgehead atoms. The lowest BCUT2D eigenvalue weighted by Gasteiger charge is -2.27. The Balaban J connectivity index is 0.00000256. The predicted molar refractivity (Wildman–Crippen MR) is 127 cm³/mol. The van der Waals surface area contributed by atoms with Crippen LogP contribution in [0, 0.1) is 6.92 Å². The van der Waals surface area contributed by atoms with Crippen molar-refractivity contribution in [3.8, 4) is 0 Å². The zero-order valence-corrected chi connectivity index (χ0v) is 19.2. The first-order chi connectivity index (χ1) is 14.1. The van der Waals surface area contributed by atoms with Crippen LogP contribution in [0.4, 0.5) is 5.13 Å². The van der Waals surface area contributed by atoms with Gasteiger partial charge in [-0.3, -0.25) is 14.6 Å². The Morgan fingerprint density at radius 2 is 1.97 bits per heavy atom. The largest absolute Gasteiger partial charge is 0.379 e. The summed E-state index contributed by atoms with van der Waals surface area (Å²) in [5, 5.41) is 1.19. The van der Waals surface area contributed by atoms with E-state index in [2.05, 4.69) is 11.0 Å². The summed E-state index contributed by atoms with van der Waals surface area (Å²) >= 11 is 7.88. The van der Waals surface area contributed by atoms with Crippen LogP contribution in [-0.2, 0) is 4.74 Å². The second kappa shape index (κ2) is 10.6. The number of para-hydroxylation sites is 1. The Hall–Kier alpha value is -1.70. The van der Waals surface area contributed by atoms with Crippen LogP contribution in [-0.4, -0.2) is 55.2 Å². The van der Waals surface area contributed by atoms with Crippen LogP contribution in [0.25, 0.3) is 10.2 Å². The zero-order chi connectivity index (χ0) is 20.2. The Morgan fingerprint density at radius 3 is 2.70 bits per heavy atom. The van der Waals surface area contributed by atoms with Crippen molar-refractivity contribution in [3.63, 3.8) is 0 Å². The van der Waals surface area contributed by atoms with E-state index in [1.165, 1.54) is 0 Å². The van der Waals surface area contributed by atoms with Gasteiger partial charge in [-0.25, -0.2) is 4.98 Å². The number of morpholine rings is 1. The van der Waals surface area contributed by atoms with E-state index >= 15 is 0 Å². The van der Waals surface area contributed by atoms with Gasteiger partial charge in [-0.05, 0) is 37.1 Å². The first-order valence-electron chi connectivity index (χ1n) is 9.86. The fraction of sp³-hybridized carbons (Fsp3) is 0.364. The summed E-state index contributed by atoms with van der Waals surface area (Å²) in [4.78, 5) is 22.3. The normalized spacial score (nSPS) is 14.5. The molecule has 0 aliphatic carbocycles. The number of benzene rings is 2. The lowest BCUT2D eigenvalue weighted by atomic mass is 10.2. The number of aryl methyl sites for hydroxylation is 1. The molecule has 8 heteroatoms. The van der Waals surface area contributed by atoms with Crippen LogP contribution < -0.4 is 4.90 Å². The smallest absolute Gasteiger partial charge is 0.261 e. The van der Waals surface area contributed by atoms with E-state index in [9.17, 15) is 4.79 Å². The molecule has 1 amide bonds. The van der Waals surface area contributed by atoms with E-state index in [0.29, 0.717) is 17.1 Å². The number of rotatable bonds is 6. The molecule has 3 aromatic rings. The van der Waals surface area contributed by atoms with Gasteiger partial charge in [0.25, 0.3) is 5.91 Å². The van der Waals surface area contributed by atoms with Gasteiger partial charge in [0.1, 0.15) is 0 Å². The molecule has 1 saturated heterocycles. The van der Waals surface area contributed by atoms with Crippen molar-refractivity contribution in [1.29, 1.82) is 0 Å². The van der Waals surface area contributed by atoms with E-state index in [1.807, 2.05) is 31.2 Å². The number of carbonyl (C=O) groups excluding carboxylic acids is 1. The third-order valence-electron chi connectivity index (χ3n) is 5.15. The molecule has 2 heterocycles. The van der Waals surface area contributed by atoms with Gasteiger partial charge in [0.05, 0.1) is 34.0 Å². The van der Waals surface area contributed by atoms with E-state index in [0.717, 1.165) is 60.2 Å². The van der Waals surface area contributed by atoms with Crippen LogP contribution in [0.15, 0.2) is 42.5 Å². The maximum Gasteiger partial charge on any atom is 0.261 e. The number of halogens is 2. The summed E-state index contributed by atoms with van der Waals surface area (Å²) in [5.41, 5.74) is 2.58. The Labute approximate surface area is 192 Å². The number of carbonyl (C=O) groups is 1. The maximum absolute atomic E-state index is 13.4. The molecule has 1 aliphatic rings. The third kappa shape index (κ3) is 5.13. The van der Waals surface area contributed by atoms with Crippen molar-refractivity contribution in [2.45, 2.75) is 13.3 Å². The van der Waals surface area contributed by atoms with Gasteiger partial charge in [0.15, 0.2) is 5.13 Å². The molecule has 0 spiro atoms. The van der Waals surface area contributed by atoms with Crippen LogP contribution >= 0.6 is 35.3 Å². The van der Waals surface area contributed by atoms with Crippen LogP contribution in [0.2, 0.25) is 5.02 Å². The zero-order valence-electron chi connectivity index (χ0n) is 16.8. The molecule has 30 heavy (non-hydrogen) atoms. The molecular formula is C22H25Cl2N3O2S. The van der Waals surface area contributed by atoms with Crippen molar-refractivity contribution < 1.29 is 9.53 Å². The van der Waals surface area contributed by atoms with Gasteiger partial charge >= 0.3 is 0 Å². The lowest BCUT2D eigenvalue weighted by molar-refractivity contribution is 0.0376. The minimum Gasteiger partial charge on any atom is -0.379 e. The SMILES string of the molecule is Cc1cccc2sc(N(CCCN3CCOCC3)C(=O)c3ccccc3Cl)nc12.Cl. The molecule has 2 aromatic carbocycles. The van der Waals surface area contributed by atoms with Crippen molar-refractivity contribution in [2.24, 2.45) is 0 Å². The summed E-state index contributed by atoms with van der Waals surface area (Å²) in [6, 6.07) is 13.3. The van der Waals surface area contributed by atoms with Gasteiger partial charge in [0.2, 0.25) is 0 Å². The molecule has 0 radical (unpaired) electrons. The molecule has 1 aliphatic heterocycles. The van der Waals surface area contributed by atoms with Gasteiger partial charge < -0.3 is 4.74 Å². The van der Waals surface area contributed by atoms with Gasteiger partial charge in [-0.15, -0.1) is 12.4 Å². The number of anilines is 1. The molecule has 160 valence electrons. The lowest BCUT2D eigenvalue weighted by Crippen LogP contribution is -2.39. The van der Waals surface area contributed by atoms with Gasteiger partial charge in [-0.1, -0.05) is 47.2 Å². The number of fused-ring (bicyclic) bond motifs is 1. The number of amides is 1. The highest BCUT2D eigenvalue weighted by Gasteiger charge is 2.23. The molecule has 1 fully saturated rings. The maximum atomic E-state index is 13.4. The third-order valence-corrected chi connectivity index (χ3v) is 6.52. The average molecular weight is 466 g/mol. The van der Waals surface area contributed by atoms with E-state index in [1.54, 1.807) is 28.4 Å². The summed E-state index contributed by atoms with van der Waals surface area (Å²) in [5.74, 6) is -0.103. The highest BCUT2D eigenvalue weighted by atomic mass is 35.5. The summed E-state index contributed by atoms with van der Waals surface area (Å²) in [6.45, 7) is 7.01. The number of ether oxygens (including phenoxy) is 1. The quantitative estimate of drug-likeness (QED) is 0.510. The molecule has 1 aromatic heterocycles. The molecule has 0 saturated carbocycles. The van der Waals surface area contributed by atoms with Crippen LogP contribution in [0.3, 0.4) is 0 Å². The van der Waals surface area contributed by atoms with E-state index < -0.39 is 0 Å². The van der Waals surface area contributed by atoms with Crippen molar-refractivity contribution in [1.82, 2.24) is 9.88 Å². The Bertz CT molecular complexity index is 1000. The van der Waals surface area contributed by atoms with Gasteiger partial charge in [-0.2, -0.15) is 0 Å². The van der Waals surface area contributed by atoms with Crippen molar-refractivity contribution in [3.05, 3.63) is 58.6 Å². The summed E-state index contributed by atoms with van der Waals surface area (Å²) < 4.78 is 6.51. The monoisotopic (exact) mass is 465 g/mol. The first kappa shape index (κ1) is 23.0. The highest BCUT2D eigenvalue weighted by Crippen LogP contribution is 2.32. The number of hydrogen-bond donors (Lipinski definition) is 0. The fourth-order valence-corrected chi connectivity index (χ4v) is 4.82. The topological polar surface area (TPSA) is 45.7 Å². The standard InChI is InChI=1S/C22H24ClN3O2S.ClH/c1-16-6-4-9-19-20(16)24-22(29-19)26(11-5-10-25-12-14-28-15-13-25)21(27)17-7-2-3-8-18(17)23;/h2-4,6-9H,5,10-15H2,1H3;1H. The molecule has 0 unspecified atom stereocenters. The molecule has 0 N–H and O–H groups in total. The van der Waals surface area contributed by atoms with Crippen molar-refractivity contribution in [2.75, 3.05) is 44.3 Å². The van der Waals surface area contributed by atoms with Crippen LogP contribution in [0.5, 0.6) is 0 Å². The second-order valence-electron chi connectivity index (χ2n) is 7.16. The van der Waals surface area contributed by atoms with E-state index in [-0.39, 0.29) is 18.3 Å². The van der Waals surface area contributed by atoms with Crippen molar-refractivity contribution >= 4 is 56.6 Å². The minimum atomic E-state index is -0.103. The van der Waals surface area contributed by atoms with Crippen LogP contribution in [0.1, 0.15) is 22.3 Å². The molecule has 0 atom stereocenters.